The van der Waals surface area contributed by atoms with Crippen molar-refractivity contribution in [2.24, 2.45) is 5.10 Å². The van der Waals surface area contributed by atoms with E-state index >= 15 is 0 Å². The lowest BCUT2D eigenvalue weighted by Gasteiger charge is -2.33. The first kappa shape index (κ1) is 15.6. The van der Waals surface area contributed by atoms with E-state index in [0.717, 1.165) is 11.3 Å². The lowest BCUT2D eigenvalue weighted by Crippen LogP contribution is -2.66. The zero-order valence-corrected chi connectivity index (χ0v) is 14.4. The smallest absolute Gasteiger partial charge is 0.236 e. The van der Waals surface area contributed by atoms with Crippen molar-refractivity contribution in [1.82, 2.24) is 20.2 Å². The highest BCUT2D eigenvalue weighted by molar-refractivity contribution is 7.11. The van der Waals surface area contributed by atoms with Crippen LogP contribution in [0.3, 0.4) is 0 Å². The fourth-order valence-electron chi connectivity index (χ4n) is 3.00. The number of aromatic nitrogens is 1. The second-order valence-electron chi connectivity index (χ2n) is 5.54. The first-order valence-electron chi connectivity index (χ1n) is 7.77. The summed E-state index contributed by atoms with van der Waals surface area (Å²) in [5.41, 5.74) is 4.61. The Hall–Kier alpha value is -2.87. The molecule has 1 amide bonds. The van der Waals surface area contributed by atoms with E-state index in [2.05, 4.69) is 15.6 Å². The highest BCUT2D eigenvalue weighted by Crippen LogP contribution is 2.33. The zero-order chi connectivity index (χ0) is 17.3. The number of benzene rings is 2. The molecule has 1 aliphatic rings. The molecule has 0 aliphatic carbocycles. The van der Waals surface area contributed by atoms with Gasteiger partial charge in [-0.2, -0.15) is 5.53 Å². The molecule has 124 valence electrons. The third-order valence-electron chi connectivity index (χ3n) is 4.13. The first-order valence-corrected chi connectivity index (χ1v) is 8.65. The number of quaternary nitrogens is 1. The van der Waals surface area contributed by atoms with Crippen molar-refractivity contribution in [3.05, 3.63) is 82.8 Å². The number of para-hydroxylation sites is 1. The molecule has 7 heteroatoms. The van der Waals surface area contributed by atoms with E-state index in [1.165, 1.54) is 11.3 Å². The molecule has 2 heterocycles. The molecule has 25 heavy (non-hydrogen) atoms. The molecule has 2 aromatic carbocycles. The third-order valence-corrected chi connectivity index (χ3v) is 4.89. The second-order valence-corrected chi connectivity index (χ2v) is 6.43. The molecule has 1 atom stereocenters. The molecule has 0 fully saturated rings. The van der Waals surface area contributed by atoms with Crippen LogP contribution < -0.4 is 10.1 Å². The first-order chi connectivity index (χ1) is 12.2. The van der Waals surface area contributed by atoms with Gasteiger partial charge in [0.2, 0.25) is 5.01 Å². The van der Waals surface area contributed by atoms with Crippen LogP contribution in [0.5, 0.6) is 0 Å². The number of amides is 1. The molecule has 3 aromatic rings. The zero-order valence-electron chi connectivity index (χ0n) is 13.5. The number of carbonyl (C=O) groups is 1. The monoisotopic (exact) mass is 350 g/mol. The summed E-state index contributed by atoms with van der Waals surface area (Å²) >= 11 is 1.32. The van der Waals surface area contributed by atoms with Gasteiger partial charge in [0.15, 0.2) is 5.69 Å². The molecular weight excluding hydrogens is 334 g/mol. The quantitative estimate of drug-likeness (QED) is 0.738. The average Bonchev–Trinajstić information content (AvgIpc) is 3.31. The van der Waals surface area contributed by atoms with Gasteiger partial charge in [0.1, 0.15) is 0 Å². The van der Waals surface area contributed by atoms with Crippen molar-refractivity contribution in [2.75, 3.05) is 7.05 Å². The predicted octanol–water partition coefficient (Wildman–Crippen LogP) is 3.02. The second kappa shape index (κ2) is 6.21. The summed E-state index contributed by atoms with van der Waals surface area (Å²) in [5.74, 6) is 0.450. The minimum Gasteiger partial charge on any atom is -0.236 e. The number of rotatable bonds is 3. The Kier molecular flexibility index (Phi) is 3.89. The van der Waals surface area contributed by atoms with Crippen molar-refractivity contribution in [1.29, 1.82) is 0 Å². The normalized spacial score (nSPS) is 20.1. The molecule has 4 rings (SSSR count). The van der Waals surface area contributed by atoms with Gasteiger partial charge in [0, 0.05) is 23.7 Å². The van der Waals surface area contributed by atoms with Gasteiger partial charge in [-0.3, -0.25) is 0 Å². The van der Waals surface area contributed by atoms with Crippen LogP contribution in [0.2, 0.25) is 0 Å². The molecule has 1 unspecified atom stereocenters. The number of hydrogen-bond donors (Lipinski definition) is 1. The largest absolute Gasteiger partial charge is 0.407 e. The summed E-state index contributed by atoms with van der Waals surface area (Å²) in [6, 6.07) is 19.3. The lowest BCUT2D eigenvalue weighted by molar-refractivity contribution is 0.0350. The highest BCUT2D eigenvalue weighted by Gasteiger charge is 2.55. The molecule has 0 saturated carbocycles. The van der Waals surface area contributed by atoms with Crippen molar-refractivity contribution in [3.8, 4) is 0 Å². The molecule has 0 bridgehead atoms. The van der Waals surface area contributed by atoms with Crippen LogP contribution >= 0.6 is 11.3 Å². The highest BCUT2D eigenvalue weighted by atomic mass is 32.1. The van der Waals surface area contributed by atoms with Crippen LogP contribution in [0.1, 0.15) is 15.4 Å². The van der Waals surface area contributed by atoms with Crippen LogP contribution in [-0.4, -0.2) is 28.9 Å². The molecular formula is C18H16N5OS+. The number of hydrogen-bond acceptors (Lipinski definition) is 6. The Morgan fingerprint density at radius 2 is 1.76 bits per heavy atom. The molecule has 1 aromatic heterocycles. The van der Waals surface area contributed by atoms with Gasteiger partial charge >= 0.3 is 5.91 Å². The standard InChI is InChI=1S/C18H16N5OS/c1-22-21-20-16(14-8-4-2-5-9-14)23(22,15-10-6-3-7-11-15)18(24)17-19-12-13-25-17/h2-13,21H,1H3/q+1. The minimum absolute atomic E-state index is 0.156. The SMILES string of the molecule is CN1NN=C(c2ccccc2)[N+]1(C(=O)c1nccs1)c1ccccc1. The Balaban J connectivity index is 1.97. The topological polar surface area (TPSA) is 57.6 Å². The predicted molar refractivity (Wildman–Crippen MR) is 98.6 cm³/mol. The van der Waals surface area contributed by atoms with E-state index in [1.54, 1.807) is 23.7 Å². The van der Waals surface area contributed by atoms with E-state index in [4.69, 9.17) is 0 Å². The Morgan fingerprint density at radius 3 is 2.40 bits per heavy atom. The summed E-state index contributed by atoms with van der Waals surface area (Å²) in [5, 5.41) is 8.40. The Bertz CT molecular complexity index is 911. The van der Waals surface area contributed by atoms with Gasteiger partial charge < -0.3 is 0 Å². The van der Waals surface area contributed by atoms with E-state index < -0.39 is 0 Å². The molecule has 6 nitrogen and oxygen atoms in total. The number of nitrogens with zero attached hydrogens (tertiary/aromatic N) is 4. The van der Waals surface area contributed by atoms with Gasteiger partial charge in [0.05, 0.1) is 12.6 Å². The fraction of sp³-hybridized carbons (Fsp3) is 0.0556. The summed E-state index contributed by atoms with van der Waals surface area (Å²) in [6.45, 7) is 0. The number of hydrazone groups is 1. The van der Waals surface area contributed by atoms with Crippen LogP contribution in [0.4, 0.5) is 5.69 Å². The lowest BCUT2D eigenvalue weighted by atomic mass is 10.1. The number of nitrogens with one attached hydrogen (secondary N) is 1. The number of carbonyl (C=O) groups excluding carboxylic acids is 1. The van der Waals surface area contributed by atoms with Crippen molar-refractivity contribution in [2.45, 2.75) is 0 Å². The summed E-state index contributed by atoms with van der Waals surface area (Å²) < 4.78 is -0.196. The van der Waals surface area contributed by atoms with Gasteiger partial charge in [-0.05, 0) is 17.3 Å². The van der Waals surface area contributed by atoms with Gasteiger partial charge in [0.25, 0.3) is 5.84 Å². The molecule has 1 aliphatic heterocycles. The maximum Gasteiger partial charge on any atom is 0.407 e. The van der Waals surface area contributed by atoms with E-state index in [0.29, 0.717) is 10.8 Å². The van der Waals surface area contributed by atoms with Crippen LogP contribution in [0, 0.1) is 0 Å². The van der Waals surface area contributed by atoms with Crippen LogP contribution in [0.15, 0.2) is 77.3 Å². The summed E-state index contributed by atoms with van der Waals surface area (Å²) in [7, 11) is 1.80. The van der Waals surface area contributed by atoms with Gasteiger partial charge in [-0.1, -0.05) is 41.0 Å². The van der Waals surface area contributed by atoms with Crippen LogP contribution in [0.25, 0.3) is 0 Å². The van der Waals surface area contributed by atoms with E-state index in [-0.39, 0.29) is 10.5 Å². The van der Waals surface area contributed by atoms with E-state index in [9.17, 15) is 4.79 Å². The molecule has 1 N–H and O–H groups in total. The Labute approximate surface area is 149 Å². The molecule has 0 radical (unpaired) electrons. The maximum atomic E-state index is 13.6. The number of amidine groups is 1. The van der Waals surface area contributed by atoms with Crippen molar-refractivity contribution >= 4 is 28.8 Å². The van der Waals surface area contributed by atoms with Crippen molar-refractivity contribution < 1.29 is 4.79 Å². The maximum absolute atomic E-state index is 13.6. The van der Waals surface area contributed by atoms with Crippen LogP contribution in [-0.2, 0) is 0 Å². The Morgan fingerprint density at radius 1 is 1.08 bits per heavy atom. The average molecular weight is 350 g/mol. The third kappa shape index (κ3) is 2.37. The molecule has 0 saturated heterocycles. The molecule has 0 spiro atoms. The van der Waals surface area contributed by atoms with Gasteiger partial charge in [-0.15, -0.1) is 16.4 Å². The van der Waals surface area contributed by atoms with Crippen molar-refractivity contribution in [3.63, 3.8) is 0 Å². The fourth-order valence-corrected chi connectivity index (χ4v) is 3.60. The summed E-state index contributed by atoms with van der Waals surface area (Å²) in [4.78, 5) is 17.8. The number of thiazole rings is 1. The van der Waals surface area contributed by atoms with E-state index in [1.807, 2.05) is 60.7 Å². The van der Waals surface area contributed by atoms with Gasteiger partial charge in [-0.25, -0.2) is 9.78 Å². The minimum atomic E-state index is -0.196. The summed E-state index contributed by atoms with van der Waals surface area (Å²) in [6.07, 6.45) is 1.64. The number of hydrazine groups is 1.